The number of aryl methyl sites for hydroxylation is 1. The van der Waals surface area contributed by atoms with Crippen molar-refractivity contribution in [3.63, 3.8) is 0 Å². The molecule has 1 saturated carbocycles. The lowest BCUT2D eigenvalue weighted by molar-refractivity contribution is -0.123. The van der Waals surface area contributed by atoms with E-state index in [4.69, 9.17) is 4.52 Å². The van der Waals surface area contributed by atoms with Crippen LogP contribution in [0.25, 0.3) is 0 Å². The Balaban J connectivity index is 1.82. The second kappa shape index (κ2) is 5.38. The summed E-state index contributed by atoms with van der Waals surface area (Å²) in [4.78, 5) is 16.3. The molecule has 2 rings (SSSR count). The van der Waals surface area contributed by atoms with Crippen molar-refractivity contribution in [1.29, 1.82) is 0 Å². The lowest BCUT2D eigenvalue weighted by Crippen LogP contribution is -2.28. The summed E-state index contributed by atoms with van der Waals surface area (Å²) in [6, 6.07) is 0. The molecule has 0 aromatic carbocycles. The molecule has 0 aliphatic heterocycles. The zero-order valence-electron chi connectivity index (χ0n) is 12.9. The molecule has 1 amide bonds. The molecule has 5 nitrogen and oxygen atoms in total. The Labute approximate surface area is 119 Å². The molecule has 5 heteroatoms. The first-order valence-corrected chi connectivity index (χ1v) is 7.04. The second-order valence-electron chi connectivity index (χ2n) is 6.35. The Kier molecular flexibility index (Phi) is 3.97. The number of hydrogen-bond donors (Lipinski definition) is 1. The van der Waals surface area contributed by atoms with Crippen LogP contribution >= 0.6 is 0 Å². The van der Waals surface area contributed by atoms with Crippen molar-refractivity contribution in [3.05, 3.63) is 23.4 Å². The highest BCUT2D eigenvalue weighted by Gasteiger charge is 2.60. The zero-order valence-corrected chi connectivity index (χ0v) is 12.9. The van der Waals surface area contributed by atoms with Crippen LogP contribution in [0.15, 0.2) is 16.2 Å². The number of nitrogens with one attached hydrogen (secondary N) is 1. The summed E-state index contributed by atoms with van der Waals surface area (Å²) in [5.74, 6) is 1.73. The number of hydrogen-bond acceptors (Lipinski definition) is 4. The van der Waals surface area contributed by atoms with Crippen LogP contribution in [0, 0.1) is 24.2 Å². The smallest absolute Gasteiger partial charge is 0.228 e. The molecular formula is C15H23N3O2. The van der Waals surface area contributed by atoms with Crippen molar-refractivity contribution in [1.82, 2.24) is 15.5 Å². The van der Waals surface area contributed by atoms with Crippen LogP contribution < -0.4 is 5.32 Å². The molecule has 110 valence electrons. The second-order valence-corrected chi connectivity index (χ2v) is 6.35. The summed E-state index contributed by atoms with van der Waals surface area (Å²) in [5.41, 5.74) is 1.32. The molecule has 1 aromatic rings. The van der Waals surface area contributed by atoms with E-state index in [0.29, 0.717) is 30.6 Å². The zero-order chi connectivity index (χ0) is 14.9. The summed E-state index contributed by atoms with van der Waals surface area (Å²) in [5, 5.41) is 6.69. The molecule has 20 heavy (non-hydrogen) atoms. The van der Waals surface area contributed by atoms with Crippen LogP contribution in [0.5, 0.6) is 0 Å². The average Bonchev–Trinajstić information content (AvgIpc) is 2.68. The van der Waals surface area contributed by atoms with Crippen molar-refractivity contribution in [2.75, 3.05) is 6.54 Å². The van der Waals surface area contributed by atoms with Gasteiger partial charge in [-0.15, -0.1) is 0 Å². The number of nitrogens with zero attached hydrogens (tertiary/aromatic N) is 2. The van der Waals surface area contributed by atoms with Gasteiger partial charge >= 0.3 is 0 Å². The molecule has 1 aliphatic rings. The van der Waals surface area contributed by atoms with Gasteiger partial charge in [-0.2, -0.15) is 4.98 Å². The van der Waals surface area contributed by atoms with E-state index >= 15 is 0 Å². The Hall–Kier alpha value is -1.65. The first-order chi connectivity index (χ1) is 9.32. The van der Waals surface area contributed by atoms with Gasteiger partial charge < -0.3 is 9.84 Å². The Morgan fingerprint density at radius 2 is 2.15 bits per heavy atom. The summed E-state index contributed by atoms with van der Waals surface area (Å²) in [7, 11) is 0. The lowest BCUT2D eigenvalue weighted by atomic mass is 10.1. The topological polar surface area (TPSA) is 68.0 Å². The molecule has 1 N–H and O–H groups in total. The molecule has 1 fully saturated rings. The fourth-order valence-electron chi connectivity index (χ4n) is 2.69. The molecule has 0 saturated heterocycles. The van der Waals surface area contributed by atoms with Gasteiger partial charge in [0.25, 0.3) is 0 Å². The van der Waals surface area contributed by atoms with E-state index in [1.54, 1.807) is 6.92 Å². The van der Waals surface area contributed by atoms with Crippen molar-refractivity contribution in [3.8, 4) is 0 Å². The third-order valence-corrected chi connectivity index (χ3v) is 3.91. The third kappa shape index (κ3) is 3.08. The van der Waals surface area contributed by atoms with Gasteiger partial charge in [0.15, 0.2) is 5.82 Å². The Morgan fingerprint density at radius 1 is 1.45 bits per heavy atom. The van der Waals surface area contributed by atoms with Gasteiger partial charge in [0.1, 0.15) is 0 Å². The number of carbonyl (C=O) groups excluding carboxylic acids is 1. The average molecular weight is 277 g/mol. The van der Waals surface area contributed by atoms with Gasteiger partial charge in [-0.25, -0.2) is 0 Å². The summed E-state index contributed by atoms with van der Waals surface area (Å²) >= 11 is 0. The van der Waals surface area contributed by atoms with Crippen LogP contribution in [0.4, 0.5) is 0 Å². The highest BCUT2D eigenvalue weighted by molar-refractivity contribution is 5.83. The van der Waals surface area contributed by atoms with Crippen molar-refractivity contribution >= 4 is 5.91 Å². The summed E-state index contributed by atoms with van der Waals surface area (Å²) in [6.07, 6.45) is 2.78. The monoisotopic (exact) mass is 277 g/mol. The Morgan fingerprint density at radius 3 is 2.70 bits per heavy atom. The van der Waals surface area contributed by atoms with E-state index in [2.05, 4.69) is 49.2 Å². The van der Waals surface area contributed by atoms with E-state index in [1.165, 1.54) is 5.57 Å². The molecule has 2 atom stereocenters. The Bertz CT molecular complexity index is 527. The van der Waals surface area contributed by atoms with Gasteiger partial charge in [-0.1, -0.05) is 30.7 Å². The van der Waals surface area contributed by atoms with Crippen LogP contribution in [-0.4, -0.2) is 22.6 Å². The number of rotatable bonds is 5. The predicted molar refractivity (Wildman–Crippen MR) is 75.9 cm³/mol. The predicted octanol–water partition coefficient (Wildman–Crippen LogP) is 2.28. The largest absolute Gasteiger partial charge is 0.355 e. The minimum Gasteiger partial charge on any atom is -0.355 e. The van der Waals surface area contributed by atoms with E-state index in [1.807, 2.05) is 0 Å². The molecular weight excluding hydrogens is 254 g/mol. The maximum absolute atomic E-state index is 12.2. The minimum absolute atomic E-state index is 0.0580. The van der Waals surface area contributed by atoms with Crippen LogP contribution in [0.3, 0.4) is 0 Å². The van der Waals surface area contributed by atoms with Crippen molar-refractivity contribution in [2.45, 2.75) is 41.0 Å². The standard InChI is InChI=1S/C15H23N3O2/c1-9(2)8-11-13(15(11,4)5)14(19)16-7-6-12-17-10(3)18-20-12/h8,11,13H,6-7H2,1-5H3,(H,16,19). The maximum Gasteiger partial charge on any atom is 0.228 e. The molecule has 0 bridgehead atoms. The fraction of sp³-hybridized carbons (Fsp3) is 0.667. The number of carbonyl (C=O) groups is 1. The van der Waals surface area contributed by atoms with E-state index < -0.39 is 0 Å². The third-order valence-electron chi connectivity index (χ3n) is 3.91. The van der Waals surface area contributed by atoms with Crippen LogP contribution in [0.2, 0.25) is 0 Å². The molecule has 1 aliphatic carbocycles. The summed E-state index contributed by atoms with van der Waals surface area (Å²) in [6.45, 7) is 10.7. The lowest BCUT2D eigenvalue weighted by Gasteiger charge is -2.04. The highest BCUT2D eigenvalue weighted by atomic mass is 16.5. The number of aromatic nitrogens is 2. The first kappa shape index (κ1) is 14.8. The quantitative estimate of drug-likeness (QED) is 0.838. The van der Waals surface area contributed by atoms with Gasteiger partial charge in [0, 0.05) is 13.0 Å². The van der Waals surface area contributed by atoms with Crippen LogP contribution in [0.1, 0.15) is 39.4 Å². The maximum atomic E-state index is 12.2. The van der Waals surface area contributed by atoms with Gasteiger partial charge in [0.2, 0.25) is 11.8 Å². The summed E-state index contributed by atoms with van der Waals surface area (Å²) < 4.78 is 5.01. The number of allylic oxidation sites excluding steroid dienone is 2. The van der Waals surface area contributed by atoms with Gasteiger partial charge in [-0.3, -0.25) is 4.79 Å². The minimum atomic E-state index is 0.0580. The molecule has 1 heterocycles. The normalized spacial score (nSPS) is 23.2. The molecule has 0 spiro atoms. The molecule has 2 unspecified atom stereocenters. The van der Waals surface area contributed by atoms with Crippen LogP contribution in [-0.2, 0) is 11.2 Å². The SMILES string of the molecule is CC(C)=CC1C(C(=O)NCCc2nc(C)no2)C1(C)C. The van der Waals surface area contributed by atoms with E-state index in [-0.39, 0.29) is 17.2 Å². The van der Waals surface area contributed by atoms with Gasteiger partial charge in [-0.05, 0) is 32.1 Å². The number of amides is 1. The van der Waals surface area contributed by atoms with E-state index in [0.717, 1.165) is 0 Å². The molecule has 0 radical (unpaired) electrons. The molecule has 1 aromatic heterocycles. The first-order valence-electron chi connectivity index (χ1n) is 7.04. The van der Waals surface area contributed by atoms with E-state index in [9.17, 15) is 4.79 Å². The van der Waals surface area contributed by atoms with Crippen molar-refractivity contribution in [2.24, 2.45) is 17.3 Å². The van der Waals surface area contributed by atoms with Crippen molar-refractivity contribution < 1.29 is 9.32 Å². The highest BCUT2D eigenvalue weighted by Crippen LogP contribution is 2.59. The van der Waals surface area contributed by atoms with Gasteiger partial charge in [0.05, 0.1) is 5.92 Å². The fourth-order valence-corrected chi connectivity index (χ4v) is 2.69.